The lowest BCUT2D eigenvalue weighted by molar-refractivity contribution is -0.277. The number of hydrogen-bond donors (Lipinski definition) is 9. The maximum atomic E-state index is 13.2. The topological polar surface area (TPSA) is 315 Å². The molecule has 2 aliphatic rings. The molecule has 6 aromatic rings. The fourth-order valence-corrected chi connectivity index (χ4v) is 8.10. The van der Waals surface area contributed by atoms with Gasteiger partial charge in [0.15, 0.2) is 11.6 Å². The Morgan fingerprint density at radius 2 is 1.01 bits per heavy atom. The van der Waals surface area contributed by atoms with Crippen molar-refractivity contribution in [3.63, 3.8) is 0 Å². The molecule has 2 fully saturated rings. The number of carbonyl (C=O) groups is 3. The molecule has 2 aliphatic heterocycles. The summed E-state index contributed by atoms with van der Waals surface area (Å²) in [6.45, 7) is 2.25. The van der Waals surface area contributed by atoms with Crippen LogP contribution in [0.25, 0.3) is 21.9 Å². The number of methoxy groups -OCH3 is 1. The predicted molar refractivity (Wildman–Crippen MR) is 243 cm³/mol. The minimum atomic E-state index is -1.71. The number of Topliss-reactive ketones (excluding diaryl/α,β-unsaturated/α-hetero) is 2. The Balaban J connectivity index is 0.000000208. The van der Waals surface area contributed by atoms with Crippen LogP contribution in [0.3, 0.4) is 0 Å². The van der Waals surface area contributed by atoms with Gasteiger partial charge in [-0.3, -0.25) is 9.59 Å². The average Bonchev–Trinajstić information content (AvgIpc) is 4.02. The lowest BCUT2D eigenvalue weighted by Crippen LogP contribution is -2.60. The summed E-state index contributed by atoms with van der Waals surface area (Å²) in [5.74, 6) is -1.53. The molecule has 8 rings (SSSR count). The Labute approximate surface area is 399 Å². The van der Waals surface area contributed by atoms with Gasteiger partial charge in [-0.05, 0) is 110 Å². The Hall–Kier alpha value is -6.59. The van der Waals surface area contributed by atoms with Gasteiger partial charge in [0.05, 0.1) is 26.2 Å². The van der Waals surface area contributed by atoms with Gasteiger partial charge in [0.25, 0.3) is 0 Å². The van der Waals surface area contributed by atoms with Crippen molar-refractivity contribution in [3.05, 3.63) is 119 Å². The molecule has 2 aromatic heterocycles. The molecule has 374 valence electrons. The van der Waals surface area contributed by atoms with Gasteiger partial charge >= 0.3 is 6.16 Å². The quantitative estimate of drug-likeness (QED) is 0.0524. The second-order valence-electron chi connectivity index (χ2n) is 17.0. The zero-order chi connectivity index (χ0) is 50.4. The third-order valence-electron chi connectivity index (χ3n) is 11.9. The van der Waals surface area contributed by atoms with E-state index >= 15 is 0 Å². The van der Waals surface area contributed by atoms with Crippen molar-refractivity contribution in [1.82, 2.24) is 0 Å². The van der Waals surface area contributed by atoms with Crippen molar-refractivity contribution >= 4 is 39.7 Å². The molecule has 4 aromatic carbocycles. The lowest BCUT2D eigenvalue weighted by Gasteiger charge is -2.40. The number of phenolic OH excluding ortho intramolecular Hbond substituents is 2. The van der Waals surface area contributed by atoms with E-state index in [1.54, 1.807) is 26.4 Å². The van der Waals surface area contributed by atoms with E-state index in [0.717, 1.165) is 40.2 Å². The molecule has 10 unspecified atom stereocenters. The molecule has 20 nitrogen and oxygen atoms in total. The number of fused-ring (bicyclic) bond motifs is 2. The van der Waals surface area contributed by atoms with Gasteiger partial charge in [-0.2, -0.15) is 0 Å². The first-order valence-corrected chi connectivity index (χ1v) is 22.2. The van der Waals surface area contributed by atoms with Crippen molar-refractivity contribution in [2.75, 3.05) is 20.3 Å². The van der Waals surface area contributed by atoms with Crippen LogP contribution in [0.5, 0.6) is 23.0 Å². The minimum absolute atomic E-state index is 0.0351. The molecule has 0 amide bonds. The van der Waals surface area contributed by atoms with Crippen molar-refractivity contribution in [1.29, 1.82) is 0 Å². The van der Waals surface area contributed by atoms with Crippen LogP contribution >= 0.6 is 0 Å². The van der Waals surface area contributed by atoms with Crippen LogP contribution in [0.4, 0.5) is 4.79 Å². The van der Waals surface area contributed by atoms with E-state index in [4.69, 9.17) is 32.5 Å². The number of benzene rings is 4. The molecule has 0 aliphatic carbocycles. The Bertz CT molecular complexity index is 2780. The summed E-state index contributed by atoms with van der Waals surface area (Å²) < 4.78 is 42.2. The highest BCUT2D eigenvalue weighted by Crippen LogP contribution is 2.36. The highest BCUT2D eigenvalue weighted by atomic mass is 16.7. The van der Waals surface area contributed by atoms with Gasteiger partial charge in [0.1, 0.15) is 101 Å². The van der Waals surface area contributed by atoms with Gasteiger partial charge in [0.2, 0.25) is 12.6 Å². The van der Waals surface area contributed by atoms with Gasteiger partial charge in [-0.1, -0.05) is 12.1 Å². The predicted octanol–water partition coefficient (Wildman–Crippen LogP) is 3.67. The molecular formula is C50H54O20. The molecule has 2 saturated heterocycles. The normalized spacial score (nSPS) is 24.4. The molecule has 0 saturated carbocycles. The van der Waals surface area contributed by atoms with Crippen molar-refractivity contribution in [3.8, 4) is 23.0 Å². The van der Waals surface area contributed by atoms with Crippen molar-refractivity contribution in [2.24, 2.45) is 0 Å². The number of ketones is 2. The number of ether oxygens (including phenoxy) is 6. The number of hydrogen-bond acceptors (Lipinski definition) is 20. The zero-order valence-corrected chi connectivity index (χ0v) is 38.1. The number of aryl methyl sites for hydroxylation is 4. The second kappa shape index (κ2) is 22.4. The summed E-state index contributed by atoms with van der Waals surface area (Å²) >= 11 is 0. The number of carbonyl (C=O) groups excluding carboxylic acids is 3. The number of phenols is 2. The van der Waals surface area contributed by atoms with E-state index in [9.17, 15) is 60.3 Å². The fourth-order valence-electron chi connectivity index (χ4n) is 8.10. The summed E-state index contributed by atoms with van der Waals surface area (Å²) in [5, 5.41) is 93.5. The highest BCUT2D eigenvalue weighted by Gasteiger charge is 2.47. The minimum Gasteiger partial charge on any atom is -0.507 e. The van der Waals surface area contributed by atoms with Crippen LogP contribution in [-0.2, 0) is 31.8 Å². The molecule has 0 spiro atoms. The van der Waals surface area contributed by atoms with Gasteiger partial charge in [0, 0.05) is 23.6 Å². The van der Waals surface area contributed by atoms with Crippen molar-refractivity contribution in [2.45, 2.75) is 101 Å². The van der Waals surface area contributed by atoms with E-state index in [0.29, 0.717) is 24.0 Å². The Morgan fingerprint density at radius 3 is 1.46 bits per heavy atom. The number of aliphatic hydroxyl groups is 7. The number of aromatic hydroxyl groups is 2. The zero-order valence-electron chi connectivity index (χ0n) is 38.1. The maximum absolute atomic E-state index is 13.2. The SMILES string of the molecule is COC(=O)OCC1OC(Oc2cc(C)cc(O)c2C(=O)CCc2ccc3occc3c2)C(O)C(O)C1O.Cc1cc(O)c(C(=O)CCc2ccc3occc3c2)c(OC2OC(CO)C(O)C(O)C2O)c1. The fraction of sp³-hybridized carbons (Fsp3) is 0.380. The van der Waals surface area contributed by atoms with Gasteiger partial charge < -0.3 is 83.2 Å². The summed E-state index contributed by atoms with van der Waals surface area (Å²) in [5.41, 5.74) is 4.25. The van der Waals surface area contributed by atoms with Crippen LogP contribution in [0.2, 0.25) is 0 Å². The van der Waals surface area contributed by atoms with E-state index in [1.165, 1.54) is 24.3 Å². The van der Waals surface area contributed by atoms with Crippen LogP contribution < -0.4 is 9.47 Å². The maximum Gasteiger partial charge on any atom is 0.508 e. The summed E-state index contributed by atoms with van der Waals surface area (Å²) in [6, 6.07) is 20.7. The molecule has 0 bridgehead atoms. The molecule has 10 atom stereocenters. The third kappa shape index (κ3) is 11.7. The second-order valence-corrected chi connectivity index (χ2v) is 17.0. The van der Waals surface area contributed by atoms with Crippen molar-refractivity contribution < 1.29 is 97.6 Å². The molecule has 9 N–H and O–H groups in total. The summed E-state index contributed by atoms with van der Waals surface area (Å²) in [4.78, 5) is 37.5. The first-order valence-electron chi connectivity index (χ1n) is 22.2. The average molecular weight is 975 g/mol. The van der Waals surface area contributed by atoms with E-state index in [2.05, 4.69) is 4.74 Å². The smallest absolute Gasteiger partial charge is 0.507 e. The third-order valence-corrected chi connectivity index (χ3v) is 11.9. The number of furan rings is 2. The standard InChI is InChI=1S/C26H28O11.C24H26O9/c1-13-9-17(28)21(16(27)5-3-14-4-6-18-15(11-14)7-8-34-18)19(10-13)36-25-24(31)23(30)22(29)20(37-25)12-35-26(32)33-2;1-12-8-16(27)20(15(26)4-2-13-3-5-17-14(10-13)6-7-31-17)18(9-12)32-24-23(30)22(29)21(28)19(11-25)33-24/h4,6-11,20,22-25,28-31H,3,5,12H2,1-2H3;3,5-10,19,21-25,27-30H,2,4,11H2,1H3. The first kappa shape index (κ1) is 51.3. The Morgan fingerprint density at radius 1 is 0.571 bits per heavy atom. The summed E-state index contributed by atoms with van der Waals surface area (Å²) in [6.07, 6.45) is -12.2. The molecule has 0 radical (unpaired) electrons. The first-order chi connectivity index (χ1) is 33.5. The van der Waals surface area contributed by atoms with E-state index in [1.807, 2.05) is 48.5 Å². The van der Waals surface area contributed by atoms with E-state index in [-0.39, 0.29) is 52.7 Å². The Kier molecular flexibility index (Phi) is 16.4. The lowest BCUT2D eigenvalue weighted by atomic mass is 9.98. The number of rotatable bonds is 15. The molecular weight excluding hydrogens is 921 g/mol. The van der Waals surface area contributed by atoms with Crippen LogP contribution in [0.1, 0.15) is 55.8 Å². The summed E-state index contributed by atoms with van der Waals surface area (Å²) in [7, 11) is 1.10. The molecule has 20 heteroatoms. The molecule has 70 heavy (non-hydrogen) atoms. The highest BCUT2D eigenvalue weighted by molar-refractivity contribution is 6.02. The largest absolute Gasteiger partial charge is 0.508 e. The van der Waals surface area contributed by atoms with Crippen LogP contribution in [-0.4, -0.2) is 145 Å². The molecule has 4 heterocycles. The monoisotopic (exact) mass is 974 g/mol. The van der Waals surface area contributed by atoms with Gasteiger partial charge in [-0.25, -0.2) is 4.79 Å². The van der Waals surface area contributed by atoms with Crippen LogP contribution in [0, 0.1) is 13.8 Å². The van der Waals surface area contributed by atoms with Gasteiger partial charge in [-0.15, -0.1) is 0 Å². The van der Waals surface area contributed by atoms with Crippen LogP contribution in [0.15, 0.2) is 94.2 Å². The number of aliphatic hydroxyl groups excluding tert-OH is 7. The van der Waals surface area contributed by atoms with E-state index < -0.39 is 86.6 Å².